The van der Waals surface area contributed by atoms with Gasteiger partial charge in [-0.1, -0.05) is 58.1 Å². The maximum absolute atomic E-state index is 12.2. The van der Waals surface area contributed by atoms with Gasteiger partial charge in [-0.2, -0.15) is 0 Å². The Morgan fingerprint density at radius 1 is 1.04 bits per heavy atom. The van der Waals surface area contributed by atoms with E-state index < -0.39 is 0 Å². The summed E-state index contributed by atoms with van der Waals surface area (Å²) in [4.78, 5) is 14.4. The van der Waals surface area contributed by atoms with E-state index in [1.165, 1.54) is 16.9 Å². The smallest absolute Gasteiger partial charge is 0.325 e. The summed E-state index contributed by atoms with van der Waals surface area (Å²) in [7, 11) is 0. The molecule has 0 saturated heterocycles. The fraction of sp³-hybridized carbons (Fsp3) is 0.526. The van der Waals surface area contributed by atoms with Crippen molar-refractivity contribution in [3.63, 3.8) is 0 Å². The van der Waals surface area contributed by atoms with Crippen LogP contribution in [-0.2, 0) is 6.42 Å². The number of hydrogen-bond donors (Lipinski definition) is 2. The first-order valence-electron chi connectivity index (χ1n) is 9.12. The van der Waals surface area contributed by atoms with Crippen LogP contribution in [0.15, 0.2) is 24.3 Å². The normalized spacial score (nSPS) is 11.0. The molecular weight excluding hydrogens is 346 g/mol. The molecule has 6 nitrogen and oxygen atoms in total. The average Bonchev–Trinajstić information content (AvgIpc) is 3.02. The van der Waals surface area contributed by atoms with Crippen molar-refractivity contribution in [3.8, 4) is 0 Å². The van der Waals surface area contributed by atoms with E-state index in [0.29, 0.717) is 17.0 Å². The van der Waals surface area contributed by atoms with Crippen molar-refractivity contribution in [2.75, 3.05) is 28.6 Å². The predicted octanol–water partition coefficient (Wildman–Crippen LogP) is 4.86. The Morgan fingerprint density at radius 2 is 1.65 bits per heavy atom. The number of rotatable bonds is 8. The molecule has 2 N–H and O–H groups in total. The monoisotopic (exact) mass is 375 g/mol. The molecule has 2 rings (SSSR count). The molecule has 1 aromatic heterocycles. The highest BCUT2D eigenvalue weighted by Crippen LogP contribution is 2.25. The number of benzene rings is 1. The lowest BCUT2D eigenvalue weighted by atomic mass is 10.1. The van der Waals surface area contributed by atoms with Gasteiger partial charge in [-0.25, -0.2) is 4.79 Å². The number of hydrogen-bond acceptors (Lipinski definition) is 5. The van der Waals surface area contributed by atoms with Gasteiger partial charge in [0.1, 0.15) is 0 Å². The molecule has 7 heteroatoms. The number of anilines is 3. The van der Waals surface area contributed by atoms with Crippen LogP contribution in [0.25, 0.3) is 0 Å². The number of carbonyl (C=O) groups is 1. The van der Waals surface area contributed by atoms with Crippen LogP contribution in [0.1, 0.15) is 40.2 Å². The molecule has 0 aliphatic carbocycles. The third-order valence-corrected chi connectivity index (χ3v) is 4.60. The number of aryl methyl sites for hydroxylation is 1. The zero-order valence-electron chi connectivity index (χ0n) is 16.2. The van der Waals surface area contributed by atoms with Crippen molar-refractivity contribution in [3.05, 3.63) is 29.8 Å². The van der Waals surface area contributed by atoms with Gasteiger partial charge in [0.2, 0.25) is 10.3 Å². The summed E-state index contributed by atoms with van der Waals surface area (Å²) in [5, 5.41) is 15.3. The van der Waals surface area contributed by atoms with Gasteiger partial charge in [0, 0.05) is 18.8 Å². The second-order valence-electron chi connectivity index (χ2n) is 7.21. The number of carbonyl (C=O) groups excluding carboxylic acids is 1. The quantitative estimate of drug-likeness (QED) is 0.691. The molecule has 0 bridgehead atoms. The topological polar surface area (TPSA) is 70.1 Å². The summed E-state index contributed by atoms with van der Waals surface area (Å²) < 4.78 is 0. The summed E-state index contributed by atoms with van der Waals surface area (Å²) in [5.41, 5.74) is 1.99. The molecule has 26 heavy (non-hydrogen) atoms. The lowest BCUT2D eigenvalue weighted by molar-refractivity contribution is 0.262. The highest BCUT2D eigenvalue weighted by molar-refractivity contribution is 7.19. The van der Waals surface area contributed by atoms with Crippen molar-refractivity contribution >= 4 is 33.3 Å². The number of aromatic nitrogens is 2. The largest absolute Gasteiger partial charge is 0.346 e. The second-order valence-corrected chi connectivity index (χ2v) is 8.17. The Balaban J connectivity index is 1.97. The van der Waals surface area contributed by atoms with Crippen LogP contribution < -0.4 is 15.5 Å². The maximum Gasteiger partial charge on any atom is 0.325 e. The molecule has 1 heterocycles. The molecule has 0 spiro atoms. The Kier molecular flexibility index (Phi) is 7.38. The molecule has 1 aromatic carbocycles. The van der Waals surface area contributed by atoms with E-state index in [4.69, 9.17) is 0 Å². The zero-order valence-corrected chi connectivity index (χ0v) is 17.1. The first-order valence-corrected chi connectivity index (χ1v) is 9.94. The van der Waals surface area contributed by atoms with Gasteiger partial charge < -0.3 is 10.2 Å². The van der Waals surface area contributed by atoms with Gasteiger partial charge in [0.25, 0.3) is 0 Å². The van der Waals surface area contributed by atoms with Crippen LogP contribution in [0.3, 0.4) is 0 Å². The summed E-state index contributed by atoms with van der Waals surface area (Å²) in [5.74, 6) is 1.06. The predicted molar refractivity (Wildman–Crippen MR) is 110 cm³/mol. The number of nitrogens with zero attached hydrogens (tertiary/aromatic N) is 3. The minimum atomic E-state index is -0.309. The molecule has 0 saturated carbocycles. The van der Waals surface area contributed by atoms with Crippen molar-refractivity contribution in [1.29, 1.82) is 0 Å². The van der Waals surface area contributed by atoms with E-state index >= 15 is 0 Å². The number of urea groups is 1. The van der Waals surface area contributed by atoms with E-state index in [2.05, 4.69) is 60.3 Å². The second kappa shape index (κ2) is 9.52. The lowest BCUT2D eigenvalue weighted by Crippen LogP contribution is -2.31. The van der Waals surface area contributed by atoms with Gasteiger partial charge in [-0.15, -0.1) is 10.2 Å². The first kappa shape index (κ1) is 20.2. The van der Waals surface area contributed by atoms with E-state index in [-0.39, 0.29) is 6.03 Å². The Hall–Kier alpha value is -2.15. The average molecular weight is 376 g/mol. The molecule has 2 aromatic rings. The molecule has 142 valence electrons. The summed E-state index contributed by atoms with van der Waals surface area (Å²) in [6, 6.07) is 7.51. The molecule has 0 atom stereocenters. The third-order valence-electron chi connectivity index (χ3n) is 3.70. The van der Waals surface area contributed by atoms with Gasteiger partial charge in [-0.05, 0) is 36.0 Å². The van der Waals surface area contributed by atoms with Crippen molar-refractivity contribution in [2.24, 2.45) is 11.8 Å². The molecule has 0 fully saturated rings. The van der Waals surface area contributed by atoms with Gasteiger partial charge >= 0.3 is 6.03 Å². The molecule has 0 unspecified atom stereocenters. The van der Waals surface area contributed by atoms with Gasteiger partial charge in [0.15, 0.2) is 0 Å². The summed E-state index contributed by atoms with van der Waals surface area (Å²) in [6.07, 6.45) is 0.975. The van der Waals surface area contributed by atoms with Crippen LogP contribution in [-0.4, -0.2) is 29.3 Å². The highest BCUT2D eigenvalue weighted by Gasteiger charge is 2.16. The van der Waals surface area contributed by atoms with Crippen LogP contribution in [0.2, 0.25) is 0 Å². The minimum absolute atomic E-state index is 0.309. The van der Waals surface area contributed by atoms with Gasteiger partial charge in [-0.3, -0.25) is 5.32 Å². The van der Waals surface area contributed by atoms with Crippen molar-refractivity contribution < 1.29 is 4.79 Å². The fourth-order valence-corrected chi connectivity index (χ4v) is 3.35. The summed E-state index contributed by atoms with van der Waals surface area (Å²) >= 11 is 1.40. The third kappa shape index (κ3) is 6.29. The van der Waals surface area contributed by atoms with Crippen LogP contribution in [0, 0.1) is 11.8 Å². The molecule has 0 aliphatic heterocycles. The van der Waals surface area contributed by atoms with Crippen LogP contribution >= 0.6 is 11.3 Å². The van der Waals surface area contributed by atoms with Gasteiger partial charge in [0.05, 0.1) is 0 Å². The fourth-order valence-electron chi connectivity index (χ4n) is 2.59. The van der Waals surface area contributed by atoms with E-state index in [0.717, 1.165) is 30.3 Å². The van der Waals surface area contributed by atoms with E-state index in [1.807, 2.05) is 24.3 Å². The Bertz CT molecular complexity index is 686. The van der Waals surface area contributed by atoms with Crippen LogP contribution in [0.5, 0.6) is 0 Å². The zero-order chi connectivity index (χ0) is 19.1. The molecular formula is C19H29N5OS. The summed E-state index contributed by atoms with van der Waals surface area (Å²) in [6.45, 7) is 12.7. The SMILES string of the molecule is CCc1ccc(NC(=O)Nc2nnc(N(CC(C)C)CC(C)C)s2)cc1. The number of amides is 2. The highest BCUT2D eigenvalue weighted by atomic mass is 32.1. The Morgan fingerprint density at radius 3 is 2.19 bits per heavy atom. The first-order chi connectivity index (χ1) is 12.4. The molecule has 0 aliphatic rings. The van der Waals surface area contributed by atoms with Crippen molar-refractivity contribution in [2.45, 2.75) is 41.0 Å². The molecule has 0 radical (unpaired) electrons. The molecule has 2 amide bonds. The van der Waals surface area contributed by atoms with Crippen molar-refractivity contribution in [1.82, 2.24) is 10.2 Å². The maximum atomic E-state index is 12.2. The Labute approximate surface area is 160 Å². The number of nitrogens with one attached hydrogen (secondary N) is 2. The minimum Gasteiger partial charge on any atom is -0.346 e. The van der Waals surface area contributed by atoms with E-state index in [9.17, 15) is 4.79 Å². The van der Waals surface area contributed by atoms with E-state index in [1.54, 1.807) is 0 Å². The standard InChI is InChI=1S/C19H29N5OS/c1-6-15-7-9-16(10-8-15)20-17(25)21-18-22-23-19(26-18)24(11-13(2)3)12-14(4)5/h7-10,13-14H,6,11-12H2,1-5H3,(H2,20,21,22,25). The van der Waals surface area contributed by atoms with Crippen LogP contribution in [0.4, 0.5) is 20.7 Å². The lowest BCUT2D eigenvalue weighted by Gasteiger charge is -2.25.